The number of rotatable bonds is 1. The molecule has 0 aromatic heterocycles. The average molecular weight is 216 g/mol. The van der Waals surface area contributed by atoms with Crippen LogP contribution in [0.4, 0.5) is 4.79 Å². The maximum Gasteiger partial charge on any atom is 0.279 e. The summed E-state index contributed by atoms with van der Waals surface area (Å²) in [6.45, 7) is 2.42. The van der Waals surface area contributed by atoms with E-state index >= 15 is 0 Å². The van der Waals surface area contributed by atoms with Gasteiger partial charge in [-0.2, -0.15) is 0 Å². The molecule has 0 aliphatic carbocycles. The molecule has 78 valence electrons. The fourth-order valence-electron chi connectivity index (χ4n) is 1.67. The van der Waals surface area contributed by atoms with Crippen molar-refractivity contribution < 1.29 is 14.7 Å². The Morgan fingerprint density at radius 3 is 2.79 bits per heavy atom. The zero-order chi connectivity index (χ0) is 10.3. The van der Waals surface area contributed by atoms with Crippen molar-refractivity contribution in [1.29, 1.82) is 0 Å². The van der Waals surface area contributed by atoms with Gasteiger partial charge < -0.3 is 15.3 Å². The summed E-state index contributed by atoms with van der Waals surface area (Å²) in [5, 5.41) is 11.9. The molecule has 1 unspecified atom stereocenters. The summed E-state index contributed by atoms with van der Waals surface area (Å²) < 4.78 is 0. The first kappa shape index (κ1) is 9.79. The Bertz CT molecular complexity index is 284. The van der Waals surface area contributed by atoms with Gasteiger partial charge in [-0.1, -0.05) is 11.8 Å². The van der Waals surface area contributed by atoms with Crippen LogP contribution in [0.15, 0.2) is 0 Å². The normalized spacial score (nSPS) is 29.7. The van der Waals surface area contributed by atoms with Crippen LogP contribution < -0.4 is 5.32 Å². The summed E-state index contributed by atoms with van der Waals surface area (Å²) in [4.78, 5) is 24.1. The standard InChI is InChI=1S/C8H12N2O3S/c1-8(13)3-10(4-8)6(11)5-2-14-7(12)9-5/h5,13H,2-4H2,1H3,(H,9,12). The molecule has 2 fully saturated rings. The van der Waals surface area contributed by atoms with Crippen LogP contribution in [-0.4, -0.2) is 51.6 Å². The van der Waals surface area contributed by atoms with E-state index in [-0.39, 0.29) is 11.1 Å². The molecule has 2 aliphatic heterocycles. The van der Waals surface area contributed by atoms with Gasteiger partial charge in [-0.3, -0.25) is 9.59 Å². The van der Waals surface area contributed by atoms with E-state index in [1.165, 1.54) is 0 Å². The number of aliphatic hydroxyl groups is 1. The van der Waals surface area contributed by atoms with Gasteiger partial charge in [0.15, 0.2) is 0 Å². The van der Waals surface area contributed by atoms with E-state index in [9.17, 15) is 14.7 Å². The lowest BCUT2D eigenvalue weighted by Crippen LogP contribution is -2.64. The fourth-order valence-corrected chi connectivity index (χ4v) is 2.44. The quantitative estimate of drug-likeness (QED) is 0.614. The van der Waals surface area contributed by atoms with E-state index in [0.29, 0.717) is 18.8 Å². The third kappa shape index (κ3) is 1.72. The van der Waals surface area contributed by atoms with Gasteiger partial charge in [0.05, 0.1) is 18.7 Å². The first-order valence-corrected chi connectivity index (χ1v) is 5.41. The van der Waals surface area contributed by atoms with Crippen molar-refractivity contribution in [3.63, 3.8) is 0 Å². The number of amides is 2. The summed E-state index contributed by atoms with van der Waals surface area (Å²) in [6.07, 6.45) is 0. The molecule has 2 aliphatic rings. The summed E-state index contributed by atoms with van der Waals surface area (Å²) in [5.74, 6) is 0.408. The molecule has 2 heterocycles. The molecule has 14 heavy (non-hydrogen) atoms. The second-order valence-corrected chi connectivity index (χ2v) is 4.98. The summed E-state index contributed by atoms with van der Waals surface area (Å²) in [7, 11) is 0. The fraction of sp³-hybridized carbons (Fsp3) is 0.750. The maximum absolute atomic E-state index is 11.6. The van der Waals surface area contributed by atoms with Crippen molar-refractivity contribution in [2.24, 2.45) is 0 Å². The monoisotopic (exact) mass is 216 g/mol. The molecule has 2 saturated heterocycles. The lowest BCUT2D eigenvalue weighted by molar-refractivity contribution is -0.153. The molecule has 0 aromatic rings. The second kappa shape index (κ2) is 3.13. The Balaban J connectivity index is 1.88. The zero-order valence-electron chi connectivity index (χ0n) is 7.82. The van der Waals surface area contributed by atoms with Gasteiger partial charge in [0, 0.05) is 5.75 Å². The Labute approximate surface area is 85.8 Å². The van der Waals surface area contributed by atoms with E-state index < -0.39 is 11.6 Å². The number of hydrogen-bond donors (Lipinski definition) is 2. The largest absolute Gasteiger partial charge is 0.386 e. The molecule has 5 nitrogen and oxygen atoms in total. The van der Waals surface area contributed by atoms with Crippen molar-refractivity contribution in [1.82, 2.24) is 10.2 Å². The van der Waals surface area contributed by atoms with Gasteiger partial charge in [-0.15, -0.1) is 0 Å². The number of nitrogens with one attached hydrogen (secondary N) is 1. The van der Waals surface area contributed by atoms with Crippen LogP contribution in [0.3, 0.4) is 0 Å². The topological polar surface area (TPSA) is 69.6 Å². The number of thioether (sulfide) groups is 1. The zero-order valence-corrected chi connectivity index (χ0v) is 8.63. The van der Waals surface area contributed by atoms with Gasteiger partial charge in [0.25, 0.3) is 5.24 Å². The van der Waals surface area contributed by atoms with Crippen molar-refractivity contribution in [3.05, 3.63) is 0 Å². The Morgan fingerprint density at radius 1 is 1.71 bits per heavy atom. The van der Waals surface area contributed by atoms with Crippen molar-refractivity contribution >= 4 is 22.9 Å². The van der Waals surface area contributed by atoms with Crippen molar-refractivity contribution in [3.8, 4) is 0 Å². The Hall–Kier alpha value is -0.750. The van der Waals surface area contributed by atoms with E-state index in [2.05, 4.69) is 5.32 Å². The van der Waals surface area contributed by atoms with Gasteiger partial charge in [-0.25, -0.2) is 0 Å². The van der Waals surface area contributed by atoms with Crippen LogP contribution in [-0.2, 0) is 4.79 Å². The highest BCUT2D eigenvalue weighted by atomic mass is 32.2. The number of hydrogen-bond acceptors (Lipinski definition) is 4. The van der Waals surface area contributed by atoms with Crippen LogP contribution in [0.1, 0.15) is 6.92 Å². The number of carbonyl (C=O) groups excluding carboxylic acids is 2. The van der Waals surface area contributed by atoms with Crippen molar-refractivity contribution in [2.45, 2.75) is 18.6 Å². The van der Waals surface area contributed by atoms with Crippen LogP contribution in [0, 0.1) is 0 Å². The molecule has 2 rings (SSSR count). The number of β-amino-alcohol motifs (C(OH)–C–C–N with tert-alkyl or cyclic N) is 1. The second-order valence-electron chi connectivity index (χ2n) is 3.99. The van der Waals surface area contributed by atoms with Gasteiger partial charge in [0.1, 0.15) is 6.04 Å². The molecule has 0 saturated carbocycles. The highest BCUT2D eigenvalue weighted by Crippen LogP contribution is 2.23. The van der Waals surface area contributed by atoms with Crippen LogP contribution in [0.5, 0.6) is 0 Å². The van der Waals surface area contributed by atoms with Crippen LogP contribution in [0.25, 0.3) is 0 Å². The molecule has 0 bridgehead atoms. The first-order valence-electron chi connectivity index (χ1n) is 4.42. The van der Waals surface area contributed by atoms with Crippen LogP contribution in [0.2, 0.25) is 0 Å². The highest BCUT2D eigenvalue weighted by Gasteiger charge is 2.43. The average Bonchev–Trinajstić information content (AvgIpc) is 2.46. The molecule has 0 aromatic carbocycles. The number of nitrogens with zero attached hydrogens (tertiary/aromatic N) is 1. The smallest absolute Gasteiger partial charge is 0.279 e. The first-order chi connectivity index (χ1) is 6.48. The Morgan fingerprint density at radius 2 is 2.36 bits per heavy atom. The summed E-state index contributed by atoms with van der Waals surface area (Å²) in [5.41, 5.74) is -0.745. The van der Waals surface area contributed by atoms with Crippen molar-refractivity contribution in [2.75, 3.05) is 18.8 Å². The molecular formula is C8H12N2O3S. The van der Waals surface area contributed by atoms with E-state index in [4.69, 9.17) is 0 Å². The highest BCUT2D eigenvalue weighted by molar-refractivity contribution is 8.14. The lowest BCUT2D eigenvalue weighted by atomic mass is 9.96. The predicted octanol–water partition coefficient (Wildman–Crippen LogP) is -0.595. The number of carbonyl (C=O) groups is 2. The molecule has 0 spiro atoms. The summed E-state index contributed by atoms with van der Waals surface area (Å²) in [6, 6.07) is -0.399. The third-order valence-corrected chi connectivity index (χ3v) is 3.23. The van der Waals surface area contributed by atoms with Gasteiger partial charge in [0.2, 0.25) is 5.91 Å². The molecule has 2 amide bonds. The minimum absolute atomic E-state index is 0.0881. The molecular weight excluding hydrogens is 204 g/mol. The number of likely N-dealkylation sites (tertiary alicyclic amines) is 1. The van der Waals surface area contributed by atoms with Crippen LogP contribution >= 0.6 is 11.8 Å². The van der Waals surface area contributed by atoms with E-state index in [0.717, 1.165) is 11.8 Å². The minimum atomic E-state index is -0.745. The molecule has 6 heteroatoms. The molecule has 2 N–H and O–H groups in total. The van der Waals surface area contributed by atoms with Gasteiger partial charge in [-0.05, 0) is 6.92 Å². The van der Waals surface area contributed by atoms with E-state index in [1.54, 1.807) is 11.8 Å². The molecule has 1 atom stereocenters. The molecule has 0 radical (unpaired) electrons. The van der Waals surface area contributed by atoms with Gasteiger partial charge >= 0.3 is 0 Å². The summed E-state index contributed by atoms with van der Waals surface area (Å²) >= 11 is 1.13. The maximum atomic E-state index is 11.6. The SMILES string of the molecule is CC1(O)CN(C(=O)C2CSC(=O)N2)C1. The third-order valence-electron chi connectivity index (χ3n) is 2.35. The predicted molar refractivity (Wildman–Crippen MR) is 52.0 cm³/mol. The Kier molecular flexibility index (Phi) is 2.19. The van der Waals surface area contributed by atoms with E-state index in [1.807, 2.05) is 0 Å². The lowest BCUT2D eigenvalue weighted by Gasteiger charge is -2.44. The minimum Gasteiger partial charge on any atom is -0.386 e.